The van der Waals surface area contributed by atoms with Gasteiger partial charge in [-0.3, -0.25) is 4.79 Å². The molecule has 114 valence electrons. The first-order chi connectivity index (χ1) is 9.79. The molecule has 0 heterocycles. The van der Waals surface area contributed by atoms with E-state index >= 15 is 0 Å². The fourth-order valence-electron chi connectivity index (χ4n) is 2.10. The predicted octanol–water partition coefficient (Wildman–Crippen LogP) is 1.30. The molecule has 1 aliphatic rings. The van der Waals surface area contributed by atoms with Crippen LogP contribution in [-0.4, -0.2) is 30.7 Å². The Morgan fingerprint density at radius 3 is 2.71 bits per heavy atom. The topological polar surface area (TPSA) is 92.5 Å². The lowest BCUT2D eigenvalue weighted by molar-refractivity contribution is -0.125. The molecule has 1 amide bonds. The Morgan fingerprint density at radius 2 is 2.19 bits per heavy atom. The third-order valence-corrected chi connectivity index (χ3v) is 5.75. The van der Waals surface area contributed by atoms with Crippen molar-refractivity contribution in [1.82, 2.24) is 3.82 Å². The quantitative estimate of drug-likeness (QED) is 0.627. The minimum atomic E-state index is -4.18. The minimum Gasteiger partial charge on any atom is -0.387 e. The van der Waals surface area contributed by atoms with Gasteiger partial charge in [0.2, 0.25) is 0 Å². The lowest BCUT2D eigenvalue weighted by atomic mass is 10.2. The minimum absolute atomic E-state index is 0.0877. The maximum Gasteiger partial charge on any atom is 0.282 e. The second-order valence-electron chi connectivity index (χ2n) is 4.86. The van der Waals surface area contributed by atoms with Gasteiger partial charge in [0.25, 0.3) is 15.9 Å². The summed E-state index contributed by atoms with van der Waals surface area (Å²) in [4.78, 5) is 12.1. The number of hydrogen-bond acceptors (Lipinski definition) is 5. The third-order valence-electron chi connectivity index (χ3n) is 3.55. The molecule has 2 atom stereocenters. The van der Waals surface area contributed by atoms with Gasteiger partial charge in [-0.2, -0.15) is 8.42 Å². The monoisotopic (exact) mass is 329 g/mol. The molecule has 0 aromatic heterocycles. The Labute approximate surface area is 128 Å². The molecule has 1 aliphatic carbocycles. The number of sulfonamides is 1. The maximum absolute atomic E-state index is 12.5. The van der Waals surface area contributed by atoms with Crippen molar-refractivity contribution < 1.29 is 13.2 Å². The van der Waals surface area contributed by atoms with Crippen molar-refractivity contribution in [2.45, 2.75) is 16.9 Å². The van der Waals surface area contributed by atoms with Crippen molar-refractivity contribution in [3.8, 4) is 0 Å². The number of carbonyl (C=O) groups excluding carboxylic acids is 1. The Kier molecular flexibility index (Phi) is 4.01. The van der Waals surface area contributed by atoms with Crippen LogP contribution in [0.2, 0.25) is 0 Å². The zero-order valence-corrected chi connectivity index (χ0v) is 13.0. The standard InChI is InChI=1S/C13H16ClN3O3S/c1-3-9-8-13(9,15)12(18)17(14)21(19,20)11-7-5-4-6-10(11)16-2/h3-7,9,16H,1,8,15H2,2H3/t9-,13-/m1/s1. The first-order valence-electron chi connectivity index (χ1n) is 6.22. The molecule has 3 N–H and O–H groups in total. The van der Waals surface area contributed by atoms with Crippen molar-refractivity contribution >= 4 is 33.4 Å². The van der Waals surface area contributed by atoms with Crippen LogP contribution in [-0.2, 0) is 14.8 Å². The summed E-state index contributed by atoms with van der Waals surface area (Å²) in [5, 5.41) is 2.75. The zero-order chi connectivity index (χ0) is 15.8. The molecule has 0 radical (unpaired) electrons. The van der Waals surface area contributed by atoms with Gasteiger partial charge < -0.3 is 11.1 Å². The van der Waals surface area contributed by atoms with Gasteiger partial charge in [0.15, 0.2) is 0 Å². The van der Waals surface area contributed by atoms with E-state index in [0.29, 0.717) is 12.1 Å². The molecule has 0 saturated heterocycles. The number of para-hydroxylation sites is 1. The summed E-state index contributed by atoms with van der Waals surface area (Å²) in [6.07, 6.45) is 1.86. The van der Waals surface area contributed by atoms with Gasteiger partial charge in [0, 0.05) is 24.7 Å². The highest BCUT2D eigenvalue weighted by atomic mass is 35.5. The van der Waals surface area contributed by atoms with Gasteiger partial charge in [0.1, 0.15) is 10.4 Å². The van der Waals surface area contributed by atoms with E-state index in [1.54, 1.807) is 25.2 Å². The second-order valence-corrected chi connectivity index (χ2v) is 7.15. The van der Waals surface area contributed by atoms with Crippen molar-refractivity contribution in [2.75, 3.05) is 12.4 Å². The van der Waals surface area contributed by atoms with Gasteiger partial charge in [-0.15, -0.1) is 10.4 Å². The number of nitrogens with one attached hydrogen (secondary N) is 1. The summed E-state index contributed by atoms with van der Waals surface area (Å²) in [6, 6.07) is 6.16. The first-order valence-corrected chi connectivity index (χ1v) is 8.00. The number of amides is 1. The summed E-state index contributed by atoms with van der Waals surface area (Å²) in [6.45, 7) is 3.55. The van der Waals surface area contributed by atoms with Crippen LogP contribution in [0.3, 0.4) is 0 Å². The number of benzene rings is 1. The Bertz CT molecular complexity index is 692. The van der Waals surface area contributed by atoms with E-state index in [0.717, 1.165) is 0 Å². The number of anilines is 1. The highest BCUT2D eigenvalue weighted by Crippen LogP contribution is 2.44. The summed E-state index contributed by atoms with van der Waals surface area (Å²) in [5.41, 5.74) is 4.92. The van der Waals surface area contributed by atoms with Gasteiger partial charge in [-0.05, 0) is 18.6 Å². The normalized spacial score (nSPS) is 24.2. The summed E-state index contributed by atoms with van der Waals surface area (Å²) < 4.78 is 25.2. The Hall–Kier alpha value is -1.57. The third kappa shape index (κ3) is 2.52. The molecule has 1 saturated carbocycles. The van der Waals surface area contributed by atoms with Gasteiger partial charge in [-0.25, -0.2) is 0 Å². The predicted molar refractivity (Wildman–Crippen MR) is 81.1 cm³/mol. The molecule has 0 aliphatic heterocycles. The number of hydrogen-bond donors (Lipinski definition) is 2. The van der Waals surface area contributed by atoms with E-state index in [2.05, 4.69) is 11.9 Å². The maximum atomic E-state index is 12.5. The van der Waals surface area contributed by atoms with E-state index in [1.807, 2.05) is 0 Å². The van der Waals surface area contributed by atoms with Crippen LogP contribution < -0.4 is 11.1 Å². The lowest BCUT2D eigenvalue weighted by Crippen LogP contribution is -2.45. The molecule has 0 spiro atoms. The van der Waals surface area contributed by atoms with Crippen molar-refractivity contribution in [1.29, 1.82) is 0 Å². The molecule has 1 fully saturated rings. The van der Waals surface area contributed by atoms with Crippen LogP contribution in [0, 0.1) is 5.92 Å². The summed E-state index contributed by atoms with van der Waals surface area (Å²) in [5.74, 6) is -1.11. The highest BCUT2D eigenvalue weighted by molar-refractivity contribution is 7.90. The number of carbonyl (C=O) groups is 1. The largest absolute Gasteiger partial charge is 0.387 e. The molecule has 1 aromatic rings. The summed E-state index contributed by atoms with van der Waals surface area (Å²) >= 11 is 5.79. The van der Waals surface area contributed by atoms with Crippen molar-refractivity contribution in [3.63, 3.8) is 0 Å². The van der Waals surface area contributed by atoms with E-state index in [1.165, 1.54) is 12.1 Å². The average Bonchev–Trinajstić information content (AvgIpc) is 3.17. The van der Waals surface area contributed by atoms with Gasteiger partial charge >= 0.3 is 0 Å². The first kappa shape index (κ1) is 15.8. The second kappa shape index (κ2) is 5.32. The lowest BCUT2D eigenvalue weighted by Gasteiger charge is -2.20. The highest BCUT2D eigenvalue weighted by Gasteiger charge is 2.58. The van der Waals surface area contributed by atoms with Crippen LogP contribution in [0.25, 0.3) is 0 Å². The molecular formula is C13H16ClN3O3S. The molecule has 1 aromatic carbocycles. The summed E-state index contributed by atoms with van der Waals surface area (Å²) in [7, 11) is -2.61. The number of rotatable bonds is 5. The van der Waals surface area contributed by atoms with Crippen LogP contribution in [0.15, 0.2) is 41.8 Å². The van der Waals surface area contributed by atoms with Crippen LogP contribution in [0.4, 0.5) is 5.69 Å². The molecule has 2 rings (SSSR count). The Morgan fingerprint density at radius 1 is 1.57 bits per heavy atom. The number of nitrogens with zero attached hydrogens (tertiary/aromatic N) is 1. The molecule has 0 unspecified atom stereocenters. The van der Waals surface area contributed by atoms with Crippen LogP contribution in [0.5, 0.6) is 0 Å². The number of halogens is 1. The van der Waals surface area contributed by atoms with E-state index < -0.39 is 21.5 Å². The number of nitrogens with two attached hydrogens (primary N) is 1. The zero-order valence-electron chi connectivity index (χ0n) is 11.4. The molecule has 6 nitrogen and oxygen atoms in total. The smallest absolute Gasteiger partial charge is 0.282 e. The van der Waals surface area contributed by atoms with E-state index in [4.69, 9.17) is 17.5 Å². The van der Waals surface area contributed by atoms with Crippen molar-refractivity contribution in [2.24, 2.45) is 11.7 Å². The Balaban J connectivity index is 2.36. The van der Waals surface area contributed by atoms with E-state index in [9.17, 15) is 13.2 Å². The fraction of sp³-hybridized carbons (Fsp3) is 0.308. The molecule has 8 heteroatoms. The fourth-order valence-corrected chi connectivity index (χ4v) is 3.74. The van der Waals surface area contributed by atoms with Crippen molar-refractivity contribution in [3.05, 3.63) is 36.9 Å². The van der Waals surface area contributed by atoms with Gasteiger partial charge in [-0.1, -0.05) is 18.2 Å². The van der Waals surface area contributed by atoms with Crippen LogP contribution in [0.1, 0.15) is 6.42 Å². The molecule has 21 heavy (non-hydrogen) atoms. The van der Waals surface area contributed by atoms with Gasteiger partial charge in [0.05, 0.1) is 5.69 Å². The van der Waals surface area contributed by atoms with E-state index in [-0.39, 0.29) is 14.6 Å². The molecular weight excluding hydrogens is 314 g/mol. The SMILES string of the molecule is C=C[C@@H]1C[C@]1(N)C(=O)N(Cl)S(=O)(=O)c1ccccc1NC. The molecule has 0 bridgehead atoms. The average molecular weight is 330 g/mol. The van der Waals surface area contributed by atoms with Crippen LogP contribution >= 0.6 is 11.8 Å².